The molecular weight excluding hydrogens is 178 g/mol. The summed E-state index contributed by atoms with van der Waals surface area (Å²) in [6.45, 7) is 4.04. The SMILES string of the molecule is CNc1cc(C(N)=O)cc(C(C)C)n1. The number of amides is 1. The Morgan fingerprint density at radius 1 is 1.50 bits per heavy atom. The molecule has 1 amide bonds. The quantitative estimate of drug-likeness (QED) is 0.761. The molecule has 0 aliphatic carbocycles. The zero-order valence-corrected chi connectivity index (χ0v) is 8.66. The molecule has 0 spiro atoms. The summed E-state index contributed by atoms with van der Waals surface area (Å²) in [5, 5.41) is 2.90. The molecule has 4 heteroatoms. The minimum Gasteiger partial charge on any atom is -0.373 e. The lowest BCUT2D eigenvalue weighted by molar-refractivity contribution is 0.1000. The summed E-state index contributed by atoms with van der Waals surface area (Å²) in [5.74, 6) is 0.525. The fraction of sp³-hybridized carbons (Fsp3) is 0.400. The second-order valence-corrected chi connectivity index (χ2v) is 3.43. The Labute approximate surface area is 83.5 Å². The standard InChI is InChI=1S/C10H15N3O/c1-6(2)8-4-7(10(11)14)5-9(12-3)13-8/h4-6H,1-3H3,(H2,11,14)(H,12,13). The Balaban J connectivity index is 3.20. The lowest BCUT2D eigenvalue weighted by Gasteiger charge is -2.08. The number of anilines is 1. The molecule has 0 fully saturated rings. The van der Waals surface area contributed by atoms with E-state index in [1.807, 2.05) is 13.8 Å². The molecule has 1 rings (SSSR count). The van der Waals surface area contributed by atoms with Crippen molar-refractivity contribution in [1.82, 2.24) is 4.98 Å². The van der Waals surface area contributed by atoms with Crippen molar-refractivity contribution in [1.29, 1.82) is 0 Å². The van der Waals surface area contributed by atoms with Gasteiger partial charge in [0.15, 0.2) is 0 Å². The van der Waals surface area contributed by atoms with E-state index in [9.17, 15) is 4.79 Å². The first-order valence-electron chi connectivity index (χ1n) is 4.54. The van der Waals surface area contributed by atoms with Gasteiger partial charge in [-0.25, -0.2) is 4.98 Å². The van der Waals surface area contributed by atoms with Crippen molar-refractivity contribution >= 4 is 11.7 Å². The molecule has 0 aromatic carbocycles. The molecule has 76 valence electrons. The number of nitrogens with zero attached hydrogens (tertiary/aromatic N) is 1. The van der Waals surface area contributed by atoms with E-state index in [0.29, 0.717) is 11.4 Å². The Morgan fingerprint density at radius 3 is 2.57 bits per heavy atom. The zero-order chi connectivity index (χ0) is 10.7. The lowest BCUT2D eigenvalue weighted by atomic mass is 10.1. The van der Waals surface area contributed by atoms with Crippen molar-refractivity contribution in [2.75, 3.05) is 12.4 Å². The highest BCUT2D eigenvalue weighted by atomic mass is 16.1. The van der Waals surface area contributed by atoms with Gasteiger partial charge in [0.1, 0.15) is 5.82 Å². The number of hydrogen-bond donors (Lipinski definition) is 2. The summed E-state index contributed by atoms with van der Waals surface area (Å²) >= 11 is 0. The van der Waals surface area contributed by atoms with E-state index in [4.69, 9.17) is 5.73 Å². The Bertz CT molecular complexity index is 347. The number of nitrogens with two attached hydrogens (primary N) is 1. The maximum atomic E-state index is 11.0. The minimum atomic E-state index is -0.425. The number of aromatic nitrogens is 1. The maximum absolute atomic E-state index is 11.0. The third-order valence-electron chi connectivity index (χ3n) is 1.98. The van der Waals surface area contributed by atoms with Gasteiger partial charge in [-0.2, -0.15) is 0 Å². The van der Waals surface area contributed by atoms with Gasteiger partial charge in [0, 0.05) is 18.3 Å². The number of carbonyl (C=O) groups is 1. The van der Waals surface area contributed by atoms with Crippen LogP contribution in [-0.2, 0) is 0 Å². The summed E-state index contributed by atoms with van der Waals surface area (Å²) in [4.78, 5) is 15.3. The average molecular weight is 193 g/mol. The van der Waals surface area contributed by atoms with Gasteiger partial charge < -0.3 is 11.1 Å². The summed E-state index contributed by atoms with van der Waals surface area (Å²) in [6.07, 6.45) is 0. The van der Waals surface area contributed by atoms with Crippen molar-refractivity contribution in [3.05, 3.63) is 23.4 Å². The summed E-state index contributed by atoms with van der Waals surface area (Å²) in [6, 6.07) is 3.38. The van der Waals surface area contributed by atoms with Crippen molar-refractivity contribution in [2.45, 2.75) is 19.8 Å². The van der Waals surface area contributed by atoms with Crippen molar-refractivity contribution in [2.24, 2.45) is 5.73 Å². The van der Waals surface area contributed by atoms with Crippen LogP contribution < -0.4 is 11.1 Å². The molecule has 0 unspecified atom stereocenters. The third-order valence-corrected chi connectivity index (χ3v) is 1.98. The van der Waals surface area contributed by atoms with Crippen LogP contribution >= 0.6 is 0 Å². The van der Waals surface area contributed by atoms with Crippen LogP contribution in [0.4, 0.5) is 5.82 Å². The predicted octanol–water partition coefficient (Wildman–Crippen LogP) is 1.35. The first-order chi connectivity index (χ1) is 6.54. The van der Waals surface area contributed by atoms with E-state index in [1.165, 1.54) is 0 Å². The molecule has 0 saturated heterocycles. The molecule has 4 nitrogen and oxygen atoms in total. The first-order valence-corrected chi connectivity index (χ1v) is 4.54. The zero-order valence-electron chi connectivity index (χ0n) is 8.66. The van der Waals surface area contributed by atoms with Gasteiger partial charge in [0.2, 0.25) is 5.91 Å². The van der Waals surface area contributed by atoms with Gasteiger partial charge in [0.25, 0.3) is 0 Å². The van der Waals surface area contributed by atoms with Gasteiger partial charge in [-0.1, -0.05) is 13.8 Å². The van der Waals surface area contributed by atoms with Crippen LogP contribution in [0.25, 0.3) is 0 Å². The predicted molar refractivity (Wildman–Crippen MR) is 56.4 cm³/mol. The summed E-state index contributed by atoms with van der Waals surface area (Å²) in [7, 11) is 1.76. The highest BCUT2D eigenvalue weighted by Crippen LogP contribution is 2.16. The summed E-state index contributed by atoms with van der Waals surface area (Å²) in [5.41, 5.74) is 6.57. The van der Waals surface area contributed by atoms with Gasteiger partial charge in [-0.05, 0) is 18.1 Å². The number of hydrogen-bond acceptors (Lipinski definition) is 3. The Morgan fingerprint density at radius 2 is 2.14 bits per heavy atom. The van der Waals surface area contributed by atoms with Crippen molar-refractivity contribution < 1.29 is 4.79 Å². The molecule has 0 bridgehead atoms. The van der Waals surface area contributed by atoms with Crippen LogP contribution in [0, 0.1) is 0 Å². The second-order valence-electron chi connectivity index (χ2n) is 3.43. The summed E-state index contributed by atoms with van der Waals surface area (Å²) < 4.78 is 0. The monoisotopic (exact) mass is 193 g/mol. The van der Waals surface area contributed by atoms with Gasteiger partial charge >= 0.3 is 0 Å². The highest BCUT2D eigenvalue weighted by molar-refractivity contribution is 5.93. The largest absolute Gasteiger partial charge is 0.373 e. The van der Waals surface area contributed by atoms with E-state index >= 15 is 0 Å². The first kappa shape index (κ1) is 10.5. The van der Waals surface area contributed by atoms with Crippen LogP contribution in [0.2, 0.25) is 0 Å². The maximum Gasteiger partial charge on any atom is 0.248 e. The Kier molecular flexibility index (Phi) is 3.06. The number of rotatable bonds is 3. The smallest absolute Gasteiger partial charge is 0.248 e. The molecule has 0 aliphatic rings. The molecule has 0 radical (unpaired) electrons. The molecule has 0 saturated carbocycles. The Hall–Kier alpha value is -1.58. The van der Waals surface area contributed by atoms with Crippen LogP contribution in [0.5, 0.6) is 0 Å². The van der Waals surface area contributed by atoms with Crippen LogP contribution in [0.15, 0.2) is 12.1 Å². The minimum absolute atomic E-state index is 0.279. The van der Waals surface area contributed by atoms with Gasteiger partial charge in [-0.3, -0.25) is 4.79 Å². The topological polar surface area (TPSA) is 68.0 Å². The average Bonchev–Trinajstić information content (AvgIpc) is 2.16. The number of pyridine rings is 1. The van der Waals surface area contributed by atoms with Gasteiger partial charge in [-0.15, -0.1) is 0 Å². The van der Waals surface area contributed by atoms with E-state index < -0.39 is 5.91 Å². The van der Waals surface area contributed by atoms with Gasteiger partial charge in [0.05, 0.1) is 0 Å². The molecule has 1 heterocycles. The van der Waals surface area contributed by atoms with Crippen LogP contribution in [0.3, 0.4) is 0 Å². The molecule has 0 aliphatic heterocycles. The van der Waals surface area contributed by atoms with E-state index in [1.54, 1.807) is 19.2 Å². The molecule has 3 N–H and O–H groups in total. The fourth-order valence-corrected chi connectivity index (χ4v) is 1.12. The molecular formula is C10H15N3O. The van der Waals surface area contributed by atoms with Crippen LogP contribution in [0.1, 0.15) is 35.8 Å². The van der Waals surface area contributed by atoms with E-state index in [-0.39, 0.29) is 5.92 Å². The number of carbonyl (C=O) groups excluding carboxylic acids is 1. The number of nitrogens with one attached hydrogen (secondary N) is 1. The van der Waals surface area contributed by atoms with Crippen molar-refractivity contribution in [3.8, 4) is 0 Å². The third kappa shape index (κ3) is 2.22. The molecule has 0 atom stereocenters. The molecule has 1 aromatic heterocycles. The molecule has 14 heavy (non-hydrogen) atoms. The fourth-order valence-electron chi connectivity index (χ4n) is 1.12. The second kappa shape index (κ2) is 4.09. The molecule has 1 aromatic rings. The van der Waals surface area contributed by atoms with Crippen molar-refractivity contribution in [3.63, 3.8) is 0 Å². The highest BCUT2D eigenvalue weighted by Gasteiger charge is 2.08. The number of primary amides is 1. The normalized spacial score (nSPS) is 10.3. The van der Waals surface area contributed by atoms with E-state index in [0.717, 1.165) is 5.69 Å². The lowest BCUT2D eigenvalue weighted by Crippen LogP contribution is -2.13. The van der Waals surface area contributed by atoms with Crippen LogP contribution in [-0.4, -0.2) is 17.9 Å². The van der Waals surface area contributed by atoms with E-state index in [2.05, 4.69) is 10.3 Å².